The van der Waals surface area contributed by atoms with E-state index in [0.717, 1.165) is 38.0 Å². The van der Waals surface area contributed by atoms with Crippen molar-refractivity contribution >= 4 is 0 Å². The Hall–Kier alpha value is -0.970. The Morgan fingerprint density at radius 2 is 2.17 bits per heavy atom. The number of nitrogens with one attached hydrogen (secondary N) is 1. The summed E-state index contributed by atoms with van der Waals surface area (Å²) in [7, 11) is 0. The number of halogens is 1. The normalized spacial score (nSPS) is 18.8. The largest absolute Gasteiger partial charge is 0.381 e. The topological polar surface area (TPSA) is 47.3 Å². The molecule has 0 saturated carbocycles. The van der Waals surface area contributed by atoms with Gasteiger partial charge in [-0.15, -0.1) is 0 Å². The Labute approximate surface area is 107 Å². The number of hydrogen-bond acceptors (Lipinski definition) is 3. The van der Waals surface area contributed by atoms with Gasteiger partial charge in [0.1, 0.15) is 5.82 Å². The van der Waals surface area contributed by atoms with Crippen LogP contribution >= 0.6 is 0 Å². The van der Waals surface area contributed by atoms with Gasteiger partial charge in [-0.2, -0.15) is 0 Å². The molecule has 0 spiro atoms. The van der Waals surface area contributed by atoms with E-state index < -0.39 is 0 Å². The van der Waals surface area contributed by atoms with E-state index in [2.05, 4.69) is 5.43 Å². The van der Waals surface area contributed by atoms with Crippen LogP contribution in [-0.4, -0.2) is 13.2 Å². The van der Waals surface area contributed by atoms with Gasteiger partial charge in [-0.3, -0.25) is 11.3 Å². The lowest BCUT2D eigenvalue weighted by molar-refractivity contribution is 0.0604. The van der Waals surface area contributed by atoms with Gasteiger partial charge in [-0.05, 0) is 43.7 Å². The summed E-state index contributed by atoms with van der Waals surface area (Å²) in [6.07, 6.45) is 2.93. The zero-order valence-electron chi connectivity index (χ0n) is 10.8. The summed E-state index contributed by atoms with van der Waals surface area (Å²) in [5, 5.41) is 0. The van der Waals surface area contributed by atoms with Crippen molar-refractivity contribution in [3.05, 3.63) is 35.1 Å². The molecule has 3 nitrogen and oxygen atoms in total. The van der Waals surface area contributed by atoms with Gasteiger partial charge >= 0.3 is 0 Å². The highest BCUT2D eigenvalue weighted by Crippen LogP contribution is 2.28. The fourth-order valence-electron chi connectivity index (χ4n) is 2.51. The molecule has 0 radical (unpaired) electrons. The number of rotatable bonds is 4. The maximum atomic E-state index is 13.9. The second-order valence-corrected chi connectivity index (χ2v) is 5.04. The van der Waals surface area contributed by atoms with Crippen molar-refractivity contribution in [1.82, 2.24) is 5.43 Å². The predicted octanol–water partition coefficient (Wildman–Crippen LogP) is 2.46. The monoisotopic (exact) mass is 252 g/mol. The fraction of sp³-hybridized carbons (Fsp3) is 0.571. The van der Waals surface area contributed by atoms with E-state index in [1.807, 2.05) is 19.1 Å². The molecule has 1 aromatic carbocycles. The molecule has 1 saturated heterocycles. The van der Waals surface area contributed by atoms with E-state index in [1.54, 1.807) is 6.07 Å². The zero-order chi connectivity index (χ0) is 13.0. The van der Waals surface area contributed by atoms with Gasteiger partial charge in [0, 0.05) is 24.8 Å². The standard InChI is InChI=1S/C14H21FN2O/c1-10-2-3-12(13(15)8-10)14(17-16)9-11-4-6-18-7-5-11/h2-3,8,11,14,17H,4-7,9,16H2,1H3. The second kappa shape index (κ2) is 6.27. The Kier molecular flexibility index (Phi) is 4.69. The summed E-state index contributed by atoms with van der Waals surface area (Å²) in [5.41, 5.74) is 4.34. The maximum absolute atomic E-state index is 13.9. The lowest BCUT2D eigenvalue weighted by Crippen LogP contribution is -2.31. The number of nitrogens with two attached hydrogens (primary N) is 1. The highest BCUT2D eigenvalue weighted by molar-refractivity contribution is 5.26. The third-order valence-corrected chi connectivity index (χ3v) is 3.64. The van der Waals surface area contributed by atoms with Gasteiger partial charge < -0.3 is 4.74 Å². The molecule has 1 unspecified atom stereocenters. The quantitative estimate of drug-likeness (QED) is 0.639. The van der Waals surface area contributed by atoms with E-state index in [-0.39, 0.29) is 11.9 Å². The Morgan fingerprint density at radius 1 is 1.44 bits per heavy atom. The molecule has 4 heteroatoms. The van der Waals surface area contributed by atoms with E-state index >= 15 is 0 Å². The molecule has 100 valence electrons. The third kappa shape index (κ3) is 3.28. The van der Waals surface area contributed by atoms with Gasteiger partial charge in [0.05, 0.1) is 0 Å². The first kappa shape index (κ1) is 13.5. The Morgan fingerprint density at radius 3 is 2.78 bits per heavy atom. The molecule has 1 heterocycles. The summed E-state index contributed by atoms with van der Waals surface area (Å²) in [6, 6.07) is 5.19. The first-order valence-corrected chi connectivity index (χ1v) is 6.50. The van der Waals surface area contributed by atoms with Crippen molar-refractivity contribution in [2.24, 2.45) is 11.8 Å². The summed E-state index contributed by atoms with van der Waals surface area (Å²) in [6.45, 7) is 3.49. The van der Waals surface area contributed by atoms with Crippen LogP contribution in [0.2, 0.25) is 0 Å². The number of hydrazine groups is 1. The first-order chi connectivity index (χ1) is 8.70. The minimum atomic E-state index is -0.176. The van der Waals surface area contributed by atoms with Crippen molar-refractivity contribution in [3.8, 4) is 0 Å². The van der Waals surface area contributed by atoms with Crippen LogP contribution in [0.3, 0.4) is 0 Å². The molecule has 1 aliphatic heterocycles. The molecule has 0 aromatic heterocycles. The summed E-state index contributed by atoms with van der Waals surface area (Å²) in [5.74, 6) is 5.96. The summed E-state index contributed by atoms with van der Waals surface area (Å²) >= 11 is 0. The molecule has 1 atom stereocenters. The maximum Gasteiger partial charge on any atom is 0.128 e. The van der Waals surface area contributed by atoms with Crippen molar-refractivity contribution in [3.63, 3.8) is 0 Å². The van der Waals surface area contributed by atoms with Crippen LogP contribution in [0, 0.1) is 18.7 Å². The highest BCUT2D eigenvalue weighted by atomic mass is 19.1. The van der Waals surface area contributed by atoms with Crippen LogP contribution in [0.15, 0.2) is 18.2 Å². The molecule has 1 aromatic rings. The van der Waals surface area contributed by atoms with Crippen molar-refractivity contribution < 1.29 is 9.13 Å². The Bertz CT molecular complexity index is 391. The fourth-order valence-corrected chi connectivity index (χ4v) is 2.51. The molecule has 0 aliphatic carbocycles. The van der Waals surface area contributed by atoms with Gasteiger partial charge in [-0.1, -0.05) is 12.1 Å². The molecular formula is C14H21FN2O. The summed E-state index contributed by atoms with van der Waals surface area (Å²) in [4.78, 5) is 0. The van der Waals surface area contributed by atoms with Crippen LogP contribution in [0.4, 0.5) is 4.39 Å². The van der Waals surface area contributed by atoms with Crippen molar-refractivity contribution in [1.29, 1.82) is 0 Å². The van der Waals surface area contributed by atoms with E-state index in [1.165, 1.54) is 0 Å². The second-order valence-electron chi connectivity index (χ2n) is 5.04. The smallest absolute Gasteiger partial charge is 0.128 e. The molecule has 0 amide bonds. The summed E-state index contributed by atoms with van der Waals surface area (Å²) < 4.78 is 19.3. The molecule has 1 fully saturated rings. The number of ether oxygens (including phenoxy) is 1. The van der Waals surface area contributed by atoms with Gasteiger partial charge in [0.2, 0.25) is 0 Å². The average molecular weight is 252 g/mol. The van der Waals surface area contributed by atoms with Crippen LogP contribution in [0.1, 0.15) is 36.4 Å². The van der Waals surface area contributed by atoms with Crippen LogP contribution < -0.4 is 11.3 Å². The minimum Gasteiger partial charge on any atom is -0.381 e. The van der Waals surface area contributed by atoms with Gasteiger partial charge in [0.25, 0.3) is 0 Å². The molecule has 1 aliphatic rings. The molecule has 18 heavy (non-hydrogen) atoms. The van der Waals surface area contributed by atoms with Crippen LogP contribution in [-0.2, 0) is 4.74 Å². The highest BCUT2D eigenvalue weighted by Gasteiger charge is 2.21. The number of aryl methyl sites for hydroxylation is 1. The number of hydrogen-bond donors (Lipinski definition) is 2. The van der Waals surface area contributed by atoms with Crippen LogP contribution in [0.25, 0.3) is 0 Å². The van der Waals surface area contributed by atoms with Crippen LogP contribution in [0.5, 0.6) is 0 Å². The first-order valence-electron chi connectivity index (χ1n) is 6.50. The Balaban J connectivity index is 2.07. The molecule has 3 N–H and O–H groups in total. The molecule has 0 bridgehead atoms. The average Bonchev–Trinajstić information content (AvgIpc) is 2.38. The third-order valence-electron chi connectivity index (χ3n) is 3.64. The van der Waals surface area contributed by atoms with E-state index in [0.29, 0.717) is 11.5 Å². The van der Waals surface area contributed by atoms with E-state index in [9.17, 15) is 4.39 Å². The lowest BCUT2D eigenvalue weighted by Gasteiger charge is -2.26. The SMILES string of the molecule is Cc1ccc(C(CC2CCOCC2)NN)c(F)c1. The minimum absolute atomic E-state index is 0.117. The molecule has 2 rings (SSSR count). The number of benzene rings is 1. The zero-order valence-corrected chi connectivity index (χ0v) is 10.8. The lowest BCUT2D eigenvalue weighted by atomic mass is 9.89. The van der Waals surface area contributed by atoms with Crippen molar-refractivity contribution in [2.75, 3.05) is 13.2 Å². The van der Waals surface area contributed by atoms with Gasteiger partial charge in [0.15, 0.2) is 0 Å². The molecular weight excluding hydrogens is 231 g/mol. The van der Waals surface area contributed by atoms with E-state index in [4.69, 9.17) is 10.6 Å². The van der Waals surface area contributed by atoms with Gasteiger partial charge in [-0.25, -0.2) is 4.39 Å². The predicted molar refractivity (Wildman–Crippen MR) is 69.4 cm³/mol. The van der Waals surface area contributed by atoms with Crippen molar-refractivity contribution in [2.45, 2.75) is 32.2 Å².